The van der Waals surface area contributed by atoms with Crippen molar-refractivity contribution in [1.29, 1.82) is 0 Å². The highest BCUT2D eigenvalue weighted by molar-refractivity contribution is 5.92. The number of hydrogen-bond donors (Lipinski definition) is 1. The Morgan fingerprint density at radius 3 is 2.61 bits per heavy atom. The molecule has 2 amide bonds. The molecule has 0 aliphatic carbocycles. The van der Waals surface area contributed by atoms with Crippen molar-refractivity contribution in [3.63, 3.8) is 0 Å². The van der Waals surface area contributed by atoms with Crippen molar-refractivity contribution < 1.29 is 18.7 Å². The summed E-state index contributed by atoms with van der Waals surface area (Å²) >= 11 is 0. The molecular weight excluding hydrogens is 359 g/mol. The van der Waals surface area contributed by atoms with Crippen LogP contribution in [0.5, 0.6) is 5.75 Å². The topological polar surface area (TPSA) is 58.6 Å². The first-order valence-corrected chi connectivity index (χ1v) is 9.51. The summed E-state index contributed by atoms with van der Waals surface area (Å²) in [6, 6.07) is 11.3. The van der Waals surface area contributed by atoms with Gasteiger partial charge in [0.25, 0.3) is 5.91 Å². The molecule has 0 saturated carbocycles. The molecule has 2 aromatic carbocycles. The fraction of sp³-hybridized carbons (Fsp3) is 0.364. The Bertz CT molecular complexity index is 865. The smallest absolute Gasteiger partial charge is 0.264 e. The number of fused-ring (bicyclic) bond motifs is 1. The average Bonchev–Trinajstić information content (AvgIpc) is 2.80. The molecular formula is C22H25FN2O3. The monoisotopic (exact) mass is 384 g/mol. The zero-order valence-corrected chi connectivity index (χ0v) is 16.4. The number of halogens is 1. The molecule has 6 heteroatoms. The Hall–Kier alpha value is -2.89. The largest absolute Gasteiger partial charge is 0.480 e. The molecule has 1 heterocycles. The van der Waals surface area contributed by atoms with Crippen LogP contribution in [0, 0.1) is 5.82 Å². The van der Waals surface area contributed by atoms with Gasteiger partial charge in [-0.2, -0.15) is 0 Å². The first-order valence-electron chi connectivity index (χ1n) is 9.51. The van der Waals surface area contributed by atoms with E-state index in [1.54, 1.807) is 29.2 Å². The van der Waals surface area contributed by atoms with Crippen LogP contribution in [0.15, 0.2) is 42.5 Å². The van der Waals surface area contributed by atoms with Crippen LogP contribution in [0.2, 0.25) is 0 Å². The first kappa shape index (κ1) is 19.9. The van der Waals surface area contributed by atoms with Crippen LogP contribution in [0.1, 0.15) is 38.3 Å². The number of benzene rings is 2. The average molecular weight is 384 g/mol. The normalized spacial score (nSPS) is 16.4. The van der Waals surface area contributed by atoms with Gasteiger partial charge in [0.1, 0.15) is 11.6 Å². The van der Waals surface area contributed by atoms with E-state index in [1.165, 1.54) is 12.1 Å². The van der Waals surface area contributed by atoms with Crippen molar-refractivity contribution in [3.05, 3.63) is 59.4 Å². The van der Waals surface area contributed by atoms with Gasteiger partial charge in [-0.25, -0.2) is 4.39 Å². The lowest BCUT2D eigenvalue weighted by atomic mass is 10.1. The second kappa shape index (κ2) is 8.42. The van der Waals surface area contributed by atoms with Gasteiger partial charge in [0, 0.05) is 23.8 Å². The number of hydrogen-bond acceptors (Lipinski definition) is 3. The van der Waals surface area contributed by atoms with E-state index < -0.39 is 6.10 Å². The maximum atomic E-state index is 13.0. The van der Waals surface area contributed by atoms with Crippen molar-refractivity contribution in [2.75, 3.05) is 5.32 Å². The highest BCUT2D eigenvalue weighted by Crippen LogP contribution is 2.30. The maximum absolute atomic E-state index is 13.0. The molecule has 0 saturated heterocycles. The third-order valence-corrected chi connectivity index (χ3v) is 4.78. The summed E-state index contributed by atoms with van der Waals surface area (Å²) in [4.78, 5) is 26.8. The lowest BCUT2D eigenvalue weighted by molar-refractivity contribution is -0.140. The molecule has 28 heavy (non-hydrogen) atoms. The van der Waals surface area contributed by atoms with E-state index in [9.17, 15) is 14.0 Å². The quantitative estimate of drug-likeness (QED) is 0.850. The van der Waals surface area contributed by atoms with E-state index >= 15 is 0 Å². The molecule has 0 unspecified atom stereocenters. The molecule has 2 aromatic rings. The highest BCUT2D eigenvalue weighted by atomic mass is 19.1. The van der Waals surface area contributed by atoms with Gasteiger partial charge in [0.2, 0.25) is 5.91 Å². The molecule has 0 spiro atoms. The summed E-state index contributed by atoms with van der Waals surface area (Å²) in [6.07, 6.45) is 0.252. The van der Waals surface area contributed by atoms with Gasteiger partial charge in [-0.05, 0) is 56.2 Å². The molecule has 1 aliphatic rings. The van der Waals surface area contributed by atoms with E-state index in [1.807, 2.05) is 26.8 Å². The van der Waals surface area contributed by atoms with E-state index in [2.05, 4.69) is 5.32 Å². The predicted molar refractivity (Wildman–Crippen MR) is 106 cm³/mol. The fourth-order valence-corrected chi connectivity index (χ4v) is 3.23. The van der Waals surface area contributed by atoms with Gasteiger partial charge in [0.15, 0.2) is 6.10 Å². The number of nitrogens with one attached hydrogen (secondary N) is 1. The predicted octanol–water partition coefficient (Wildman–Crippen LogP) is 3.91. The number of rotatable bonds is 5. The third-order valence-electron chi connectivity index (χ3n) is 4.78. The molecule has 5 nitrogen and oxygen atoms in total. The van der Waals surface area contributed by atoms with Crippen LogP contribution < -0.4 is 10.1 Å². The Kier molecular flexibility index (Phi) is 5.97. The van der Waals surface area contributed by atoms with Gasteiger partial charge in [-0.1, -0.05) is 19.1 Å². The minimum atomic E-state index is -0.498. The van der Waals surface area contributed by atoms with Gasteiger partial charge in [0.05, 0.1) is 6.42 Å². The Balaban J connectivity index is 1.77. The van der Waals surface area contributed by atoms with E-state index in [-0.39, 0.29) is 30.1 Å². The third kappa shape index (κ3) is 4.50. The second-order valence-corrected chi connectivity index (χ2v) is 7.25. The fourth-order valence-electron chi connectivity index (χ4n) is 3.23. The van der Waals surface area contributed by atoms with Crippen molar-refractivity contribution in [2.45, 2.75) is 52.3 Å². The van der Waals surface area contributed by atoms with Crippen LogP contribution in [-0.2, 0) is 22.6 Å². The number of carbonyl (C=O) groups excluding carboxylic acids is 2. The molecule has 1 atom stereocenters. The molecule has 0 radical (unpaired) electrons. The maximum Gasteiger partial charge on any atom is 0.264 e. The molecule has 3 rings (SSSR count). The van der Waals surface area contributed by atoms with Crippen molar-refractivity contribution in [1.82, 2.24) is 4.90 Å². The van der Waals surface area contributed by atoms with Gasteiger partial charge >= 0.3 is 0 Å². The highest BCUT2D eigenvalue weighted by Gasteiger charge is 2.31. The summed E-state index contributed by atoms with van der Waals surface area (Å²) < 4.78 is 18.9. The van der Waals surface area contributed by atoms with Gasteiger partial charge in [-0.3, -0.25) is 9.59 Å². The standard InChI is InChI=1S/C22H25FN2O3/c1-4-19-22(27)25(14(2)3)13-16-12-18(9-10-20(16)28-19)24-21(26)11-15-5-7-17(23)8-6-15/h5-10,12,14,19H,4,11,13H2,1-3H3,(H,24,26)/t19-/m1/s1. The van der Waals surface area contributed by atoms with Crippen LogP contribution in [0.3, 0.4) is 0 Å². The number of amides is 2. The Morgan fingerprint density at radius 1 is 1.25 bits per heavy atom. The summed E-state index contributed by atoms with van der Waals surface area (Å²) in [5.74, 6) is 0.129. The molecule has 0 aromatic heterocycles. The van der Waals surface area contributed by atoms with Crippen molar-refractivity contribution in [2.24, 2.45) is 0 Å². The molecule has 1 aliphatic heterocycles. The zero-order chi connectivity index (χ0) is 20.3. The minimum Gasteiger partial charge on any atom is -0.480 e. The minimum absolute atomic E-state index is 0.0180. The molecule has 0 bridgehead atoms. The summed E-state index contributed by atoms with van der Waals surface area (Å²) in [7, 11) is 0. The molecule has 148 valence electrons. The summed E-state index contributed by atoms with van der Waals surface area (Å²) in [6.45, 7) is 6.31. The molecule has 0 fully saturated rings. The first-order chi connectivity index (χ1) is 13.4. The summed E-state index contributed by atoms with van der Waals surface area (Å²) in [5, 5.41) is 2.86. The lowest BCUT2D eigenvalue weighted by Crippen LogP contribution is -2.42. The van der Waals surface area contributed by atoms with Gasteiger partial charge in [-0.15, -0.1) is 0 Å². The van der Waals surface area contributed by atoms with E-state index in [4.69, 9.17) is 4.74 Å². The van der Waals surface area contributed by atoms with Crippen LogP contribution in [0.25, 0.3) is 0 Å². The SMILES string of the molecule is CC[C@H]1Oc2ccc(NC(=O)Cc3ccc(F)cc3)cc2CN(C(C)C)C1=O. The number of nitrogens with zero attached hydrogens (tertiary/aromatic N) is 1. The summed E-state index contributed by atoms with van der Waals surface area (Å²) in [5.41, 5.74) is 2.23. The van der Waals surface area contributed by atoms with Crippen LogP contribution in [-0.4, -0.2) is 28.9 Å². The Labute approximate surface area is 164 Å². The second-order valence-electron chi connectivity index (χ2n) is 7.25. The number of ether oxygens (including phenoxy) is 1. The van der Waals surface area contributed by atoms with Crippen molar-refractivity contribution >= 4 is 17.5 Å². The molecule has 1 N–H and O–H groups in total. The Morgan fingerprint density at radius 2 is 1.96 bits per heavy atom. The van der Waals surface area contributed by atoms with Crippen LogP contribution >= 0.6 is 0 Å². The van der Waals surface area contributed by atoms with Crippen LogP contribution in [0.4, 0.5) is 10.1 Å². The van der Waals surface area contributed by atoms with E-state index in [0.717, 1.165) is 11.1 Å². The number of anilines is 1. The van der Waals surface area contributed by atoms with E-state index in [0.29, 0.717) is 24.4 Å². The number of carbonyl (C=O) groups is 2. The zero-order valence-electron chi connectivity index (χ0n) is 16.4. The van der Waals surface area contributed by atoms with Gasteiger partial charge < -0.3 is 15.0 Å². The van der Waals surface area contributed by atoms with Crippen molar-refractivity contribution in [3.8, 4) is 5.75 Å². The lowest BCUT2D eigenvalue weighted by Gasteiger charge is -2.27.